The van der Waals surface area contributed by atoms with E-state index in [9.17, 15) is 0 Å². The molecule has 1 aliphatic heterocycles. The molecule has 1 fully saturated rings. The van der Waals surface area contributed by atoms with Crippen molar-refractivity contribution < 1.29 is 4.42 Å². The standard InChI is InChI=1S/C14H20N4O/c1-17(2)10-6-7-18(8-10)9-13-16-14-11(15)4-3-5-12(14)19-13/h3-5,10H,6-9,15H2,1-2H3. The molecule has 2 N–H and O–H groups in total. The summed E-state index contributed by atoms with van der Waals surface area (Å²) in [4.78, 5) is 9.16. The molecule has 2 aromatic rings. The van der Waals surface area contributed by atoms with E-state index < -0.39 is 0 Å². The summed E-state index contributed by atoms with van der Waals surface area (Å²) in [5, 5.41) is 0. The molecule has 0 saturated carbocycles. The second-order valence-electron chi connectivity index (χ2n) is 5.44. The fourth-order valence-corrected chi connectivity index (χ4v) is 2.65. The third-order valence-electron chi connectivity index (χ3n) is 3.83. The highest BCUT2D eigenvalue weighted by Gasteiger charge is 2.25. The Morgan fingerprint density at radius 3 is 3.00 bits per heavy atom. The first-order valence-corrected chi connectivity index (χ1v) is 6.66. The van der Waals surface area contributed by atoms with Gasteiger partial charge in [0.15, 0.2) is 5.58 Å². The largest absolute Gasteiger partial charge is 0.439 e. The molecule has 1 atom stereocenters. The fourth-order valence-electron chi connectivity index (χ4n) is 2.65. The van der Waals surface area contributed by atoms with Crippen LogP contribution in [0.2, 0.25) is 0 Å². The second kappa shape index (κ2) is 4.83. The van der Waals surface area contributed by atoms with Gasteiger partial charge in [0.1, 0.15) is 5.52 Å². The van der Waals surface area contributed by atoms with Crippen LogP contribution in [0.5, 0.6) is 0 Å². The van der Waals surface area contributed by atoms with Crippen LogP contribution in [0.15, 0.2) is 22.6 Å². The second-order valence-corrected chi connectivity index (χ2v) is 5.44. The van der Waals surface area contributed by atoms with Crippen molar-refractivity contribution in [3.8, 4) is 0 Å². The number of nitrogens with zero attached hydrogens (tertiary/aromatic N) is 3. The highest BCUT2D eigenvalue weighted by molar-refractivity contribution is 5.85. The molecule has 1 aromatic heterocycles. The summed E-state index contributed by atoms with van der Waals surface area (Å²) < 4.78 is 5.76. The molecule has 2 heterocycles. The van der Waals surface area contributed by atoms with Crippen LogP contribution in [0.1, 0.15) is 12.3 Å². The van der Waals surface area contributed by atoms with Gasteiger partial charge in [-0.15, -0.1) is 0 Å². The highest BCUT2D eigenvalue weighted by atomic mass is 16.3. The smallest absolute Gasteiger partial charge is 0.209 e. The van der Waals surface area contributed by atoms with Crippen molar-refractivity contribution in [3.05, 3.63) is 24.1 Å². The topological polar surface area (TPSA) is 58.5 Å². The Morgan fingerprint density at radius 2 is 2.32 bits per heavy atom. The molecular weight excluding hydrogens is 240 g/mol. The lowest BCUT2D eigenvalue weighted by Crippen LogP contribution is -2.31. The van der Waals surface area contributed by atoms with E-state index in [-0.39, 0.29) is 0 Å². The number of para-hydroxylation sites is 1. The van der Waals surface area contributed by atoms with Crippen LogP contribution < -0.4 is 5.73 Å². The van der Waals surface area contributed by atoms with E-state index in [1.54, 1.807) is 0 Å². The minimum Gasteiger partial charge on any atom is -0.439 e. The number of likely N-dealkylation sites (tertiary alicyclic amines) is 1. The van der Waals surface area contributed by atoms with Crippen molar-refractivity contribution >= 4 is 16.8 Å². The Morgan fingerprint density at radius 1 is 1.47 bits per heavy atom. The van der Waals surface area contributed by atoms with E-state index in [2.05, 4.69) is 28.9 Å². The Balaban J connectivity index is 1.74. The number of nitrogen functional groups attached to an aromatic ring is 1. The van der Waals surface area contributed by atoms with Crippen LogP contribution in [-0.4, -0.2) is 48.0 Å². The summed E-state index contributed by atoms with van der Waals surface area (Å²) in [5.74, 6) is 0.757. The van der Waals surface area contributed by atoms with E-state index in [1.807, 2.05) is 18.2 Å². The Bertz CT molecular complexity index is 578. The van der Waals surface area contributed by atoms with Gasteiger partial charge in [-0.05, 0) is 32.6 Å². The predicted molar refractivity (Wildman–Crippen MR) is 75.8 cm³/mol. The molecule has 3 rings (SSSR count). The minimum absolute atomic E-state index is 0.634. The van der Waals surface area contributed by atoms with Gasteiger partial charge in [-0.2, -0.15) is 0 Å². The van der Waals surface area contributed by atoms with E-state index in [0.29, 0.717) is 11.7 Å². The molecule has 5 heteroatoms. The predicted octanol–water partition coefficient (Wildman–Crippen LogP) is 1.55. The third-order valence-corrected chi connectivity index (χ3v) is 3.83. The molecule has 1 unspecified atom stereocenters. The van der Waals surface area contributed by atoms with Crippen molar-refractivity contribution in [1.29, 1.82) is 0 Å². The summed E-state index contributed by atoms with van der Waals surface area (Å²) in [7, 11) is 4.27. The first-order valence-electron chi connectivity index (χ1n) is 6.66. The number of fused-ring (bicyclic) bond motifs is 1. The monoisotopic (exact) mass is 260 g/mol. The van der Waals surface area contributed by atoms with Crippen LogP contribution in [0, 0.1) is 0 Å². The number of benzene rings is 1. The first-order chi connectivity index (χ1) is 9.13. The highest BCUT2D eigenvalue weighted by Crippen LogP contribution is 2.23. The number of aromatic nitrogens is 1. The molecule has 0 radical (unpaired) electrons. The van der Waals surface area contributed by atoms with Gasteiger partial charge in [0.05, 0.1) is 12.2 Å². The average molecular weight is 260 g/mol. The van der Waals surface area contributed by atoms with E-state index in [0.717, 1.165) is 36.6 Å². The summed E-state index contributed by atoms with van der Waals surface area (Å²) in [6.07, 6.45) is 1.20. The van der Waals surface area contributed by atoms with Gasteiger partial charge < -0.3 is 15.1 Å². The molecule has 1 aromatic carbocycles. The number of hydrogen-bond acceptors (Lipinski definition) is 5. The van der Waals surface area contributed by atoms with Gasteiger partial charge in [-0.1, -0.05) is 6.07 Å². The third kappa shape index (κ3) is 2.43. The SMILES string of the molecule is CN(C)C1CCN(Cc2nc3c(N)cccc3o2)C1. The van der Waals surface area contributed by atoms with Gasteiger partial charge in [0, 0.05) is 19.1 Å². The van der Waals surface area contributed by atoms with Gasteiger partial charge in [0.2, 0.25) is 5.89 Å². The normalized spacial score (nSPS) is 20.7. The Labute approximate surface area is 113 Å². The van der Waals surface area contributed by atoms with Crippen molar-refractivity contribution in [2.45, 2.75) is 19.0 Å². The van der Waals surface area contributed by atoms with E-state index in [4.69, 9.17) is 10.2 Å². The molecule has 0 amide bonds. The van der Waals surface area contributed by atoms with Crippen molar-refractivity contribution in [3.63, 3.8) is 0 Å². The quantitative estimate of drug-likeness (QED) is 0.848. The molecule has 19 heavy (non-hydrogen) atoms. The maximum Gasteiger partial charge on any atom is 0.209 e. The van der Waals surface area contributed by atoms with Crippen molar-refractivity contribution in [1.82, 2.24) is 14.8 Å². The van der Waals surface area contributed by atoms with Crippen molar-refractivity contribution in [2.24, 2.45) is 0 Å². The number of hydrogen-bond donors (Lipinski definition) is 1. The van der Waals surface area contributed by atoms with Gasteiger partial charge in [0.25, 0.3) is 0 Å². The number of anilines is 1. The lowest BCUT2D eigenvalue weighted by molar-refractivity contribution is 0.250. The molecule has 0 aliphatic carbocycles. The summed E-state index contributed by atoms with van der Waals surface area (Å²) >= 11 is 0. The molecule has 102 valence electrons. The molecule has 5 nitrogen and oxygen atoms in total. The summed E-state index contributed by atoms with van der Waals surface area (Å²) in [5.41, 5.74) is 8.13. The lowest BCUT2D eigenvalue weighted by Gasteiger charge is -2.19. The van der Waals surface area contributed by atoms with Crippen LogP contribution in [0.25, 0.3) is 11.1 Å². The minimum atomic E-state index is 0.634. The molecule has 0 bridgehead atoms. The number of oxazole rings is 1. The van der Waals surface area contributed by atoms with E-state index >= 15 is 0 Å². The van der Waals surface area contributed by atoms with Crippen LogP contribution in [0.4, 0.5) is 5.69 Å². The fraction of sp³-hybridized carbons (Fsp3) is 0.500. The maximum absolute atomic E-state index is 5.90. The molecule has 0 spiro atoms. The van der Waals surface area contributed by atoms with Gasteiger partial charge in [-0.25, -0.2) is 4.98 Å². The zero-order chi connectivity index (χ0) is 13.4. The Hall–Kier alpha value is -1.59. The number of likely N-dealkylation sites (N-methyl/N-ethyl adjacent to an activating group) is 1. The summed E-state index contributed by atoms with van der Waals surface area (Å²) in [6, 6.07) is 6.29. The number of rotatable bonds is 3. The Kier molecular flexibility index (Phi) is 3.16. The van der Waals surface area contributed by atoms with Crippen LogP contribution in [-0.2, 0) is 6.54 Å². The van der Waals surface area contributed by atoms with Crippen LogP contribution in [0.3, 0.4) is 0 Å². The van der Waals surface area contributed by atoms with Crippen molar-refractivity contribution in [2.75, 3.05) is 32.9 Å². The zero-order valence-electron chi connectivity index (χ0n) is 11.5. The van der Waals surface area contributed by atoms with Gasteiger partial charge in [-0.3, -0.25) is 4.90 Å². The number of nitrogens with two attached hydrogens (primary N) is 1. The maximum atomic E-state index is 5.90. The first kappa shape index (κ1) is 12.4. The van der Waals surface area contributed by atoms with Gasteiger partial charge >= 0.3 is 0 Å². The lowest BCUT2D eigenvalue weighted by atomic mass is 10.2. The average Bonchev–Trinajstić information content (AvgIpc) is 2.96. The van der Waals surface area contributed by atoms with Crippen LogP contribution >= 0.6 is 0 Å². The summed E-state index contributed by atoms with van der Waals surface area (Å²) in [6.45, 7) is 2.93. The zero-order valence-corrected chi connectivity index (χ0v) is 11.5. The molecule has 1 saturated heterocycles. The molecular formula is C14H20N4O. The molecule has 1 aliphatic rings. The van der Waals surface area contributed by atoms with E-state index in [1.165, 1.54) is 6.42 Å².